The third-order valence-electron chi connectivity index (χ3n) is 5.31. The Morgan fingerprint density at radius 3 is 1.97 bits per heavy atom. The average Bonchev–Trinajstić information content (AvgIpc) is 3.34. The second-order valence-corrected chi connectivity index (χ2v) is 7.08. The number of fused-ring (bicyclic) bond motifs is 1. The van der Waals surface area contributed by atoms with E-state index in [1.54, 1.807) is 7.11 Å². The van der Waals surface area contributed by atoms with Crippen LogP contribution in [0.2, 0.25) is 0 Å². The molecule has 0 aliphatic heterocycles. The van der Waals surface area contributed by atoms with E-state index >= 15 is 0 Å². The van der Waals surface area contributed by atoms with Crippen molar-refractivity contribution in [1.29, 1.82) is 0 Å². The fourth-order valence-corrected chi connectivity index (χ4v) is 3.69. The van der Waals surface area contributed by atoms with Crippen LogP contribution in [0.5, 0.6) is 5.75 Å². The van der Waals surface area contributed by atoms with Gasteiger partial charge in [0.15, 0.2) is 0 Å². The van der Waals surface area contributed by atoms with Gasteiger partial charge in [-0.2, -0.15) is 0 Å². The van der Waals surface area contributed by atoms with E-state index in [0.717, 1.165) is 28.5 Å². The van der Waals surface area contributed by atoms with E-state index in [4.69, 9.17) is 9.72 Å². The molecule has 0 aliphatic carbocycles. The molecule has 5 aromatic rings. The van der Waals surface area contributed by atoms with E-state index in [9.17, 15) is 0 Å². The summed E-state index contributed by atoms with van der Waals surface area (Å²) in [7, 11) is 3.73. The lowest BCUT2D eigenvalue weighted by molar-refractivity contribution is 0.415. The third-order valence-corrected chi connectivity index (χ3v) is 5.31. The molecule has 3 aromatic carbocycles. The Labute approximate surface area is 169 Å². The van der Waals surface area contributed by atoms with Gasteiger partial charge in [-0.05, 0) is 41.0 Å². The molecule has 2 aromatic heterocycles. The van der Waals surface area contributed by atoms with E-state index in [0.29, 0.717) is 0 Å². The largest absolute Gasteiger partial charge is 0.497 e. The van der Waals surface area contributed by atoms with Crippen molar-refractivity contribution in [3.05, 3.63) is 91.3 Å². The predicted molar refractivity (Wildman–Crippen MR) is 117 cm³/mol. The van der Waals surface area contributed by atoms with Crippen molar-refractivity contribution in [1.82, 2.24) is 14.0 Å². The summed E-state index contributed by atoms with van der Waals surface area (Å²) in [5, 5.41) is 0. The number of aryl methyl sites for hydroxylation is 1. The van der Waals surface area contributed by atoms with Crippen LogP contribution in [-0.2, 0) is 7.05 Å². The molecule has 29 heavy (non-hydrogen) atoms. The number of benzene rings is 3. The summed E-state index contributed by atoms with van der Waals surface area (Å²) in [6.45, 7) is 0. The van der Waals surface area contributed by atoms with Gasteiger partial charge in [-0.15, -0.1) is 0 Å². The maximum absolute atomic E-state index is 5.24. The van der Waals surface area contributed by atoms with E-state index in [2.05, 4.69) is 76.9 Å². The van der Waals surface area contributed by atoms with Gasteiger partial charge in [0.25, 0.3) is 0 Å². The number of ether oxygens (including phenoxy) is 1. The van der Waals surface area contributed by atoms with Crippen LogP contribution >= 0.6 is 0 Å². The quantitative estimate of drug-likeness (QED) is 0.402. The van der Waals surface area contributed by atoms with Gasteiger partial charge in [0.1, 0.15) is 5.75 Å². The molecule has 4 heteroatoms. The molecule has 0 fully saturated rings. The van der Waals surface area contributed by atoms with Crippen LogP contribution in [0.1, 0.15) is 0 Å². The lowest BCUT2D eigenvalue weighted by Crippen LogP contribution is -1.93. The van der Waals surface area contributed by atoms with Crippen molar-refractivity contribution >= 4 is 5.78 Å². The number of hydrogen-bond donors (Lipinski definition) is 0. The molecule has 142 valence electrons. The predicted octanol–water partition coefficient (Wildman–Crippen LogP) is 5.68. The zero-order valence-corrected chi connectivity index (χ0v) is 16.4. The zero-order chi connectivity index (χ0) is 19.8. The highest BCUT2D eigenvalue weighted by Crippen LogP contribution is 2.28. The van der Waals surface area contributed by atoms with E-state index in [-0.39, 0.29) is 0 Å². The number of hydrogen-bond acceptors (Lipinski definition) is 2. The second kappa shape index (κ2) is 6.99. The molecule has 0 bridgehead atoms. The maximum atomic E-state index is 5.24. The van der Waals surface area contributed by atoms with Crippen LogP contribution in [0.15, 0.2) is 91.3 Å². The first-order chi connectivity index (χ1) is 14.2. The first-order valence-electron chi connectivity index (χ1n) is 9.57. The van der Waals surface area contributed by atoms with Crippen LogP contribution in [0.3, 0.4) is 0 Å². The Bertz CT molecular complexity index is 1260. The molecule has 0 saturated carbocycles. The number of imidazole rings is 2. The lowest BCUT2D eigenvalue weighted by atomic mass is 10.0. The summed E-state index contributed by atoms with van der Waals surface area (Å²) in [6, 6.07) is 27.1. The monoisotopic (exact) mass is 379 g/mol. The summed E-state index contributed by atoms with van der Waals surface area (Å²) < 4.78 is 9.45. The highest BCUT2D eigenvalue weighted by Gasteiger charge is 2.12. The highest BCUT2D eigenvalue weighted by molar-refractivity contribution is 5.71. The van der Waals surface area contributed by atoms with Crippen molar-refractivity contribution in [2.75, 3.05) is 7.11 Å². The zero-order valence-electron chi connectivity index (χ0n) is 16.4. The van der Waals surface area contributed by atoms with Gasteiger partial charge in [-0.25, -0.2) is 4.98 Å². The normalized spacial score (nSPS) is 11.1. The first-order valence-corrected chi connectivity index (χ1v) is 9.57. The van der Waals surface area contributed by atoms with Gasteiger partial charge in [0, 0.05) is 25.0 Å². The van der Waals surface area contributed by atoms with Gasteiger partial charge in [0.2, 0.25) is 5.78 Å². The van der Waals surface area contributed by atoms with Crippen LogP contribution in [0, 0.1) is 0 Å². The summed E-state index contributed by atoms with van der Waals surface area (Å²) in [4.78, 5) is 4.83. The Balaban J connectivity index is 1.48. The Hall–Kier alpha value is -3.79. The maximum Gasteiger partial charge on any atom is 0.214 e. The molecular formula is C25H21N3O. The summed E-state index contributed by atoms with van der Waals surface area (Å²) in [5.41, 5.74) is 6.77. The standard InChI is InChI=1S/C25H21N3O/c1-27-24(21-10-8-19(9-11-21)18-6-4-3-5-7-18)17-28-16-23(26-25(27)28)20-12-14-22(29-2)15-13-20/h3-17H,1-2H3. The van der Waals surface area contributed by atoms with Crippen LogP contribution in [0.4, 0.5) is 0 Å². The molecule has 0 spiro atoms. The van der Waals surface area contributed by atoms with Gasteiger partial charge in [-0.3, -0.25) is 4.40 Å². The molecule has 0 amide bonds. The Morgan fingerprint density at radius 1 is 0.690 bits per heavy atom. The Kier molecular flexibility index (Phi) is 4.17. The van der Waals surface area contributed by atoms with Gasteiger partial charge >= 0.3 is 0 Å². The minimum atomic E-state index is 0.846. The van der Waals surface area contributed by atoms with E-state index in [1.165, 1.54) is 16.7 Å². The fraction of sp³-hybridized carbons (Fsp3) is 0.0800. The number of methoxy groups -OCH3 is 1. The summed E-state index contributed by atoms with van der Waals surface area (Å²) >= 11 is 0. The molecule has 0 atom stereocenters. The number of nitrogens with zero attached hydrogens (tertiary/aromatic N) is 3. The smallest absolute Gasteiger partial charge is 0.214 e. The molecule has 5 rings (SSSR count). The number of rotatable bonds is 4. The molecule has 0 radical (unpaired) electrons. The van der Waals surface area contributed by atoms with Crippen LogP contribution in [-0.4, -0.2) is 21.1 Å². The first kappa shape index (κ1) is 17.3. The average molecular weight is 379 g/mol. The van der Waals surface area contributed by atoms with E-state index < -0.39 is 0 Å². The number of aromatic nitrogens is 3. The molecular weight excluding hydrogens is 358 g/mol. The Morgan fingerprint density at radius 2 is 1.31 bits per heavy atom. The second-order valence-electron chi connectivity index (χ2n) is 7.08. The van der Waals surface area contributed by atoms with Gasteiger partial charge < -0.3 is 9.30 Å². The minimum absolute atomic E-state index is 0.846. The fourth-order valence-electron chi connectivity index (χ4n) is 3.69. The summed E-state index contributed by atoms with van der Waals surface area (Å²) in [5.74, 6) is 1.76. The molecule has 0 saturated heterocycles. The SMILES string of the molecule is COc1ccc(-c2cn3cc(-c4ccc(-c5ccccc5)cc4)n(C)c3n2)cc1. The molecule has 2 heterocycles. The molecule has 0 unspecified atom stereocenters. The van der Waals surface area contributed by atoms with Crippen molar-refractivity contribution < 1.29 is 4.74 Å². The van der Waals surface area contributed by atoms with Crippen molar-refractivity contribution in [2.24, 2.45) is 7.05 Å². The lowest BCUT2D eigenvalue weighted by Gasteiger charge is -2.06. The molecule has 0 aliphatic rings. The van der Waals surface area contributed by atoms with Crippen molar-refractivity contribution in [3.63, 3.8) is 0 Å². The molecule has 0 N–H and O–H groups in total. The van der Waals surface area contributed by atoms with Crippen LogP contribution in [0.25, 0.3) is 39.4 Å². The minimum Gasteiger partial charge on any atom is -0.497 e. The highest BCUT2D eigenvalue weighted by atomic mass is 16.5. The van der Waals surface area contributed by atoms with Crippen molar-refractivity contribution in [3.8, 4) is 39.4 Å². The van der Waals surface area contributed by atoms with Gasteiger partial charge in [0.05, 0.1) is 18.5 Å². The molecule has 4 nitrogen and oxygen atoms in total. The van der Waals surface area contributed by atoms with Crippen LogP contribution < -0.4 is 4.74 Å². The van der Waals surface area contributed by atoms with Gasteiger partial charge in [-0.1, -0.05) is 54.6 Å². The topological polar surface area (TPSA) is 31.5 Å². The van der Waals surface area contributed by atoms with Crippen molar-refractivity contribution in [2.45, 2.75) is 0 Å². The third kappa shape index (κ3) is 3.09. The van der Waals surface area contributed by atoms with E-state index in [1.807, 2.05) is 30.3 Å². The summed E-state index contributed by atoms with van der Waals surface area (Å²) in [6.07, 6.45) is 4.20.